The van der Waals surface area contributed by atoms with Gasteiger partial charge in [0, 0.05) is 55.0 Å². The van der Waals surface area contributed by atoms with Crippen molar-refractivity contribution in [2.75, 3.05) is 13.1 Å². The van der Waals surface area contributed by atoms with E-state index in [-0.39, 0.29) is 31.8 Å². The van der Waals surface area contributed by atoms with Crippen molar-refractivity contribution in [1.29, 1.82) is 5.26 Å². The van der Waals surface area contributed by atoms with Crippen LogP contribution in [-0.4, -0.2) is 54.6 Å². The topological polar surface area (TPSA) is 103 Å². The van der Waals surface area contributed by atoms with Crippen molar-refractivity contribution in [3.05, 3.63) is 60.2 Å². The number of nitriles is 1. The van der Waals surface area contributed by atoms with Crippen molar-refractivity contribution < 1.29 is 13.6 Å². The van der Waals surface area contributed by atoms with E-state index in [1.807, 2.05) is 16.7 Å². The van der Waals surface area contributed by atoms with Gasteiger partial charge in [-0.2, -0.15) is 10.4 Å². The zero-order valence-corrected chi connectivity index (χ0v) is 16.8. The molecular weight excluding hydrogens is 416 g/mol. The third-order valence-corrected chi connectivity index (χ3v) is 5.57. The van der Waals surface area contributed by atoms with Gasteiger partial charge in [-0.15, -0.1) is 0 Å². The minimum atomic E-state index is -2.71. The lowest BCUT2D eigenvalue weighted by molar-refractivity contribution is -0.0494. The quantitative estimate of drug-likeness (QED) is 0.532. The number of rotatable bonds is 3. The molecule has 0 bridgehead atoms. The second-order valence-corrected chi connectivity index (χ2v) is 7.69. The lowest BCUT2D eigenvalue weighted by Crippen LogP contribution is -2.42. The number of likely N-dealkylation sites (tertiary alicyclic amines) is 1. The molecule has 4 heterocycles. The maximum absolute atomic E-state index is 13.4. The predicted molar refractivity (Wildman–Crippen MR) is 111 cm³/mol. The number of aromatic amines is 1. The summed E-state index contributed by atoms with van der Waals surface area (Å²) in [6, 6.07) is 11.0. The number of nitrogens with one attached hydrogen (secondary N) is 1. The first-order chi connectivity index (χ1) is 15.4. The van der Waals surface area contributed by atoms with Crippen LogP contribution in [0.3, 0.4) is 0 Å². The highest BCUT2D eigenvalue weighted by molar-refractivity contribution is 5.97. The van der Waals surface area contributed by atoms with E-state index in [4.69, 9.17) is 0 Å². The van der Waals surface area contributed by atoms with Gasteiger partial charge in [0.2, 0.25) is 0 Å². The fourth-order valence-corrected chi connectivity index (χ4v) is 3.86. The van der Waals surface area contributed by atoms with E-state index in [1.54, 1.807) is 24.4 Å². The normalized spacial score (nSPS) is 15.6. The first-order valence-corrected chi connectivity index (χ1v) is 9.99. The van der Waals surface area contributed by atoms with Crippen LogP contribution < -0.4 is 0 Å². The van der Waals surface area contributed by atoms with Crippen LogP contribution in [0.1, 0.15) is 28.8 Å². The van der Waals surface area contributed by atoms with E-state index in [2.05, 4.69) is 26.2 Å². The van der Waals surface area contributed by atoms with E-state index in [9.17, 15) is 18.8 Å². The number of H-pyrrole nitrogens is 1. The van der Waals surface area contributed by atoms with Crippen molar-refractivity contribution >= 4 is 16.9 Å². The van der Waals surface area contributed by atoms with Crippen molar-refractivity contribution in [2.45, 2.75) is 18.8 Å². The van der Waals surface area contributed by atoms with Gasteiger partial charge >= 0.3 is 0 Å². The Kier molecular flexibility index (Phi) is 4.66. The third-order valence-electron chi connectivity index (χ3n) is 5.57. The molecule has 1 aromatic carbocycles. The van der Waals surface area contributed by atoms with Crippen molar-refractivity contribution in [3.63, 3.8) is 0 Å². The molecule has 1 saturated heterocycles. The standard InChI is InChI=1S/C22H17F2N7O/c23-22(24)2-5-30(6-3-22)21(32)17-9-15-1-4-31(20(15)26-12-17)18-8-14(11-25)7-16(10-18)19-27-13-28-29-19/h1,4,7-10,12-13H,2-3,5-6H2,(H,27,28,29). The monoisotopic (exact) mass is 433 g/mol. The smallest absolute Gasteiger partial charge is 0.255 e. The predicted octanol–water partition coefficient (Wildman–Crippen LogP) is 3.55. The van der Waals surface area contributed by atoms with Gasteiger partial charge in [0.1, 0.15) is 12.0 Å². The maximum Gasteiger partial charge on any atom is 0.255 e. The van der Waals surface area contributed by atoms with E-state index in [0.29, 0.717) is 33.8 Å². The van der Waals surface area contributed by atoms with Crippen LogP contribution in [0.5, 0.6) is 0 Å². The minimum Gasteiger partial charge on any atom is -0.338 e. The van der Waals surface area contributed by atoms with Gasteiger partial charge in [-0.3, -0.25) is 9.89 Å². The zero-order chi connectivity index (χ0) is 22.3. The van der Waals surface area contributed by atoms with Gasteiger partial charge in [0.25, 0.3) is 11.8 Å². The summed E-state index contributed by atoms with van der Waals surface area (Å²) in [5.41, 5.74) is 2.81. The molecule has 1 amide bonds. The lowest BCUT2D eigenvalue weighted by atomic mass is 10.1. The lowest BCUT2D eigenvalue weighted by Gasteiger charge is -2.31. The Bertz CT molecular complexity index is 1340. The molecule has 32 heavy (non-hydrogen) atoms. The summed E-state index contributed by atoms with van der Waals surface area (Å²) in [5, 5.41) is 16.8. The Morgan fingerprint density at radius 3 is 2.69 bits per heavy atom. The molecule has 8 nitrogen and oxygen atoms in total. The number of alkyl halides is 2. The first kappa shape index (κ1) is 19.8. The molecule has 1 N–H and O–H groups in total. The fourth-order valence-electron chi connectivity index (χ4n) is 3.86. The Balaban J connectivity index is 1.48. The van der Waals surface area contributed by atoms with Crippen LogP contribution in [0.2, 0.25) is 0 Å². The van der Waals surface area contributed by atoms with Crippen molar-refractivity contribution in [3.8, 4) is 23.1 Å². The molecule has 10 heteroatoms. The molecule has 160 valence electrons. The number of fused-ring (bicyclic) bond motifs is 1. The molecular formula is C22H17F2N7O. The third kappa shape index (κ3) is 3.58. The van der Waals surface area contributed by atoms with E-state index >= 15 is 0 Å². The second kappa shape index (κ2) is 7.53. The van der Waals surface area contributed by atoms with Crippen LogP contribution in [0.25, 0.3) is 28.1 Å². The molecule has 0 unspecified atom stereocenters. The number of hydrogen-bond acceptors (Lipinski definition) is 5. The Morgan fingerprint density at radius 1 is 1.16 bits per heavy atom. The Morgan fingerprint density at radius 2 is 1.97 bits per heavy atom. The Hall–Kier alpha value is -4.13. The van der Waals surface area contributed by atoms with Gasteiger partial charge in [0.15, 0.2) is 5.82 Å². The van der Waals surface area contributed by atoms with E-state index < -0.39 is 5.92 Å². The molecule has 1 aliphatic rings. The van der Waals surface area contributed by atoms with Gasteiger partial charge in [-0.05, 0) is 30.3 Å². The number of amides is 1. The number of pyridine rings is 1. The highest BCUT2D eigenvalue weighted by Crippen LogP contribution is 2.29. The minimum absolute atomic E-state index is 0.0241. The van der Waals surface area contributed by atoms with E-state index in [0.717, 1.165) is 5.39 Å². The molecule has 0 radical (unpaired) electrons. The number of nitrogens with zero attached hydrogens (tertiary/aromatic N) is 6. The summed E-state index contributed by atoms with van der Waals surface area (Å²) in [6.45, 7) is 0.0481. The molecule has 3 aromatic heterocycles. The van der Waals surface area contributed by atoms with Crippen LogP contribution in [-0.2, 0) is 0 Å². The summed E-state index contributed by atoms with van der Waals surface area (Å²) < 4.78 is 28.6. The van der Waals surface area contributed by atoms with Crippen LogP contribution >= 0.6 is 0 Å². The molecule has 1 fully saturated rings. The molecule has 0 spiro atoms. The molecule has 0 atom stereocenters. The summed E-state index contributed by atoms with van der Waals surface area (Å²) in [7, 11) is 0. The highest BCUT2D eigenvalue weighted by atomic mass is 19.3. The van der Waals surface area contributed by atoms with Gasteiger partial charge < -0.3 is 9.47 Å². The summed E-state index contributed by atoms with van der Waals surface area (Å²) in [6.07, 6.45) is 4.00. The number of carbonyl (C=O) groups is 1. The number of aromatic nitrogens is 5. The molecule has 1 aliphatic heterocycles. The molecule has 0 aliphatic carbocycles. The number of piperidine rings is 1. The second-order valence-electron chi connectivity index (χ2n) is 7.69. The molecule has 5 rings (SSSR count). The fraction of sp³-hybridized carbons (Fsp3) is 0.227. The van der Waals surface area contributed by atoms with Crippen LogP contribution in [0, 0.1) is 11.3 Å². The van der Waals surface area contributed by atoms with Gasteiger partial charge in [-0.1, -0.05) is 0 Å². The average molecular weight is 433 g/mol. The summed E-state index contributed by atoms with van der Waals surface area (Å²) >= 11 is 0. The van der Waals surface area contributed by atoms with Gasteiger partial charge in [-0.25, -0.2) is 18.7 Å². The van der Waals surface area contributed by atoms with Crippen LogP contribution in [0.15, 0.2) is 49.1 Å². The van der Waals surface area contributed by atoms with Crippen molar-refractivity contribution in [1.82, 2.24) is 29.6 Å². The number of benzene rings is 1. The first-order valence-electron chi connectivity index (χ1n) is 9.99. The SMILES string of the molecule is N#Cc1cc(-c2ncn[nH]2)cc(-n2ccc3cc(C(=O)N4CCC(F)(F)CC4)cnc32)c1. The number of carbonyl (C=O) groups excluding carboxylic acids is 1. The van der Waals surface area contributed by atoms with Gasteiger partial charge in [0.05, 0.1) is 17.2 Å². The van der Waals surface area contributed by atoms with Crippen LogP contribution in [0.4, 0.5) is 8.78 Å². The largest absolute Gasteiger partial charge is 0.338 e. The number of hydrogen-bond donors (Lipinski definition) is 1. The summed E-state index contributed by atoms with van der Waals surface area (Å²) in [5.74, 6) is -2.48. The average Bonchev–Trinajstić information content (AvgIpc) is 3.48. The number of halogens is 2. The summed E-state index contributed by atoms with van der Waals surface area (Å²) in [4.78, 5) is 22.8. The molecule has 0 saturated carbocycles. The zero-order valence-electron chi connectivity index (χ0n) is 16.8. The van der Waals surface area contributed by atoms with E-state index in [1.165, 1.54) is 17.4 Å². The molecule has 4 aromatic rings. The maximum atomic E-state index is 13.4. The van der Waals surface area contributed by atoms with Crippen molar-refractivity contribution in [2.24, 2.45) is 0 Å². The Labute approximate surface area is 181 Å². The highest BCUT2D eigenvalue weighted by Gasteiger charge is 2.35.